The molecule has 0 radical (unpaired) electrons. The zero-order chi connectivity index (χ0) is 35.0. The van der Waals surface area contributed by atoms with E-state index in [4.69, 9.17) is 14.2 Å². The van der Waals surface area contributed by atoms with E-state index in [-0.39, 0.29) is 25.2 Å². The minimum Gasteiger partial charge on any atom is -0.462 e. The van der Waals surface area contributed by atoms with E-state index in [0.29, 0.717) is 19.4 Å². The molecule has 1 unspecified atom stereocenters. The van der Waals surface area contributed by atoms with Gasteiger partial charge in [0.2, 0.25) is 0 Å². The second-order valence-electron chi connectivity index (χ2n) is 13.5. The summed E-state index contributed by atoms with van der Waals surface area (Å²) in [4.78, 5) is 24.9. The van der Waals surface area contributed by atoms with Crippen LogP contribution in [0.25, 0.3) is 0 Å². The van der Waals surface area contributed by atoms with E-state index in [1.165, 1.54) is 109 Å². The Hall–Kier alpha value is -1.88. The molecule has 48 heavy (non-hydrogen) atoms. The Kier molecular flexibility index (Phi) is 38.0. The van der Waals surface area contributed by atoms with Crippen LogP contribution in [-0.4, -0.2) is 37.9 Å². The Balaban J connectivity index is 4.08. The Bertz CT molecular complexity index is 771. The van der Waals surface area contributed by atoms with Crippen molar-refractivity contribution < 1.29 is 23.8 Å². The third kappa shape index (κ3) is 36.9. The Labute approximate surface area is 298 Å². The van der Waals surface area contributed by atoms with E-state index in [2.05, 4.69) is 57.2 Å². The monoisotopic (exact) mass is 675 g/mol. The van der Waals surface area contributed by atoms with Gasteiger partial charge >= 0.3 is 11.9 Å². The van der Waals surface area contributed by atoms with Gasteiger partial charge in [-0.1, -0.05) is 173 Å². The fraction of sp³-hybridized carbons (Fsp3) is 0.814. The van der Waals surface area contributed by atoms with Gasteiger partial charge < -0.3 is 14.2 Å². The van der Waals surface area contributed by atoms with Crippen molar-refractivity contribution in [1.82, 2.24) is 0 Å². The highest BCUT2D eigenvalue weighted by molar-refractivity contribution is 5.70. The molecule has 0 aromatic carbocycles. The van der Waals surface area contributed by atoms with Crippen LogP contribution >= 0.6 is 0 Å². The summed E-state index contributed by atoms with van der Waals surface area (Å²) in [6.07, 6.45) is 44.4. The standard InChI is InChI=1S/C43H78O5/c1-4-7-10-13-16-17-18-19-20-21-22-23-24-25-26-29-32-35-38-46-39-41(48-43(45)37-34-31-28-15-12-9-6-3)40-47-42(44)36-33-30-27-14-11-8-5-2/h7,10,16-17,19-20,41H,4-6,8-9,11-15,18,21-40H2,1-3H3/b10-7-,17-16-,20-19-. The molecule has 0 spiro atoms. The lowest BCUT2D eigenvalue weighted by Crippen LogP contribution is -2.30. The molecule has 0 bridgehead atoms. The van der Waals surface area contributed by atoms with Crippen molar-refractivity contribution in [3.63, 3.8) is 0 Å². The molecular weight excluding hydrogens is 596 g/mol. The first kappa shape index (κ1) is 46.1. The van der Waals surface area contributed by atoms with Crippen LogP contribution in [0.4, 0.5) is 0 Å². The third-order valence-corrected chi connectivity index (χ3v) is 8.69. The molecule has 0 aromatic heterocycles. The first-order chi connectivity index (χ1) is 23.6. The summed E-state index contributed by atoms with van der Waals surface area (Å²) in [5.74, 6) is -0.411. The second kappa shape index (κ2) is 39.6. The normalized spacial score (nSPS) is 12.5. The van der Waals surface area contributed by atoms with Crippen molar-refractivity contribution in [2.24, 2.45) is 0 Å². The van der Waals surface area contributed by atoms with Crippen molar-refractivity contribution in [3.05, 3.63) is 36.5 Å². The minimum atomic E-state index is -0.528. The number of hydrogen-bond donors (Lipinski definition) is 0. The maximum Gasteiger partial charge on any atom is 0.306 e. The zero-order valence-corrected chi connectivity index (χ0v) is 32.0. The van der Waals surface area contributed by atoms with Gasteiger partial charge in [0.1, 0.15) is 6.61 Å². The van der Waals surface area contributed by atoms with Gasteiger partial charge in [0, 0.05) is 19.4 Å². The molecule has 0 aliphatic heterocycles. The summed E-state index contributed by atoms with van der Waals surface area (Å²) in [5.41, 5.74) is 0. The Morgan fingerprint density at radius 1 is 0.479 bits per heavy atom. The van der Waals surface area contributed by atoms with Crippen LogP contribution in [0.5, 0.6) is 0 Å². The van der Waals surface area contributed by atoms with E-state index in [9.17, 15) is 9.59 Å². The summed E-state index contributed by atoms with van der Waals surface area (Å²) in [6, 6.07) is 0. The average Bonchev–Trinajstić information content (AvgIpc) is 3.08. The first-order valence-corrected chi connectivity index (χ1v) is 20.5. The van der Waals surface area contributed by atoms with Crippen LogP contribution in [0, 0.1) is 0 Å². The molecule has 0 N–H and O–H groups in total. The van der Waals surface area contributed by atoms with Crippen molar-refractivity contribution >= 4 is 11.9 Å². The maximum atomic E-state index is 12.5. The number of ether oxygens (including phenoxy) is 3. The summed E-state index contributed by atoms with van der Waals surface area (Å²) < 4.78 is 17.1. The Morgan fingerprint density at radius 3 is 1.50 bits per heavy atom. The second-order valence-corrected chi connectivity index (χ2v) is 13.5. The number of carbonyl (C=O) groups excluding carboxylic acids is 2. The van der Waals surface area contributed by atoms with Crippen LogP contribution in [0.1, 0.15) is 201 Å². The molecule has 280 valence electrons. The fourth-order valence-electron chi connectivity index (χ4n) is 5.64. The van der Waals surface area contributed by atoms with E-state index in [0.717, 1.165) is 57.8 Å². The zero-order valence-electron chi connectivity index (χ0n) is 32.0. The molecule has 0 heterocycles. The third-order valence-electron chi connectivity index (χ3n) is 8.69. The lowest BCUT2D eigenvalue weighted by molar-refractivity contribution is -0.163. The quantitative estimate of drug-likeness (QED) is 0.0373. The van der Waals surface area contributed by atoms with Gasteiger partial charge in [0.15, 0.2) is 6.10 Å². The molecule has 0 saturated heterocycles. The highest BCUT2D eigenvalue weighted by Gasteiger charge is 2.17. The molecule has 5 heteroatoms. The van der Waals surface area contributed by atoms with Gasteiger partial charge in [-0.2, -0.15) is 0 Å². The lowest BCUT2D eigenvalue weighted by Gasteiger charge is -2.18. The molecule has 0 aromatic rings. The van der Waals surface area contributed by atoms with Crippen LogP contribution in [-0.2, 0) is 23.8 Å². The molecule has 0 fully saturated rings. The molecular formula is C43H78O5. The van der Waals surface area contributed by atoms with Gasteiger partial charge in [0.25, 0.3) is 0 Å². The van der Waals surface area contributed by atoms with Crippen molar-refractivity contribution in [3.8, 4) is 0 Å². The maximum absolute atomic E-state index is 12.5. The van der Waals surface area contributed by atoms with Crippen LogP contribution in [0.2, 0.25) is 0 Å². The van der Waals surface area contributed by atoms with Crippen LogP contribution in [0.3, 0.4) is 0 Å². The summed E-state index contributed by atoms with van der Waals surface area (Å²) in [6.45, 7) is 7.63. The summed E-state index contributed by atoms with van der Waals surface area (Å²) >= 11 is 0. The number of hydrogen-bond acceptors (Lipinski definition) is 5. The van der Waals surface area contributed by atoms with E-state index in [1.807, 2.05) is 0 Å². The fourth-order valence-corrected chi connectivity index (χ4v) is 5.64. The van der Waals surface area contributed by atoms with Gasteiger partial charge in [-0.05, 0) is 51.4 Å². The van der Waals surface area contributed by atoms with Crippen molar-refractivity contribution in [2.75, 3.05) is 19.8 Å². The van der Waals surface area contributed by atoms with Gasteiger partial charge in [-0.25, -0.2) is 0 Å². The molecule has 0 rings (SSSR count). The lowest BCUT2D eigenvalue weighted by atomic mass is 10.1. The predicted octanol–water partition coefficient (Wildman–Crippen LogP) is 13.1. The molecule has 1 atom stereocenters. The largest absolute Gasteiger partial charge is 0.462 e. The minimum absolute atomic E-state index is 0.0852. The van der Waals surface area contributed by atoms with E-state index >= 15 is 0 Å². The first-order valence-electron chi connectivity index (χ1n) is 20.5. The number of esters is 2. The predicted molar refractivity (Wildman–Crippen MR) is 205 cm³/mol. The van der Waals surface area contributed by atoms with E-state index in [1.54, 1.807) is 0 Å². The number of carbonyl (C=O) groups is 2. The highest BCUT2D eigenvalue weighted by atomic mass is 16.6. The molecule has 0 amide bonds. The molecule has 0 saturated carbocycles. The molecule has 0 aliphatic carbocycles. The van der Waals surface area contributed by atoms with Crippen LogP contribution in [0.15, 0.2) is 36.5 Å². The topological polar surface area (TPSA) is 61.8 Å². The van der Waals surface area contributed by atoms with Gasteiger partial charge in [-0.15, -0.1) is 0 Å². The average molecular weight is 675 g/mol. The summed E-state index contributed by atoms with van der Waals surface area (Å²) in [5, 5.41) is 0. The number of unbranched alkanes of at least 4 members (excludes halogenated alkanes) is 20. The Morgan fingerprint density at radius 2 is 0.938 bits per heavy atom. The number of allylic oxidation sites excluding steroid dienone is 6. The van der Waals surface area contributed by atoms with E-state index < -0.39 is 6.10 Å². The highest BCUT2D eigenvalue weighted by Crippen LogP contribution is 2.13. The van der Waals surface area contributed by atoms with Gasteiger partial charge in [-0.3, -0.25) is 9.59 Å². The number of rotatable bonds is 37. The smallest absolute Gasteiger partial charge is 0.306 e. The van der Waals surface area contributed by atoms with Crippen molar-refractivity contribution in [1.29, 1.82) is 0 Å². The summed E-state index contributed by atoms with van der Waals surface area (Å²) in [7, 11) is 0. The van der Waals surface area contributed by atoms with Crippen molar-refractivity contribution in [2.45, 2.75) is 207 Å². The molecule has 0 aliphatic rings. The van der Waals surface area contributed by atoms with Gasteiger partial charge in [0.05, 0.1) is 6.61 Å². The molecule has 5 nitrogen and oxygen atoms in total. The SMILES string of the molecule is CC/C=C\C/C=C\C/C=C\CCCCCCCCCCOCC(COC(=O)CCCCCCCCC)OC(=O)CCCCCCCCC. The van der Waals surface area contributed by atoms with Crippen LogP contribution < -0.4 is 0 Å².